The molecule has 2 aromatic rings. The Bertz CT molecular complexity index is 518. The van der Waals surface area contributed by atoms with Crippen molar-refractivity contribution in [2.75, 3.05) is 0 Å². The molecule has 0 spiro atoms. The topological polar surface area (TPSA) is 0 Å². The molecule has 0 bridgehead atoms. The standard InChI is InChI=1S/C15H13.Hf/c1-10-3-5-14-12(7-10)9-13-8-11(2)4-6-15(13)14;/h3-9H,1-2H3;. The number of benzene rings is 2. The molecule has 0 saturated heterocycles. The van der Waals surface area contributed by atoms with Gasteiger partial charge in [0.2, 0.25) is 0 Å². The van der Waals surface area contributed by atoms with Crippen molar-refractivity contribution >= 4 is 0 Å². The summed E-state index contributed by atoms with van der Waals surface area (Å²) in [7, 11) is 0. The van der Waals surface area contributed by atoms with Crippen LogP contribution < -0.4 is 0 Å². The second-order valence-corrected chi connectivity index (χ2v) is 6.69. The third-order valence-electron chi connectivity index (χ3n) is 3.33. The van der Waals surface area contributed by atoms with Gasteiger partial charge in [-0.1, -0.05) is 0 Å². The molecule has 0 aromatic heterocycles. The molecule has 1 aliphatic rings. The second-order valence-electron chi connectivity index (χ2n) is 4.61. The van der Waals surface area contributed by atoms with E-state index >= 15 is 0 Å². The number of hydrogen-bond acceptors (Lipinski definition) is 0. The van der Waals surface area contributed by atoms with Crippen molar-refractivity contribution in [1.82, 2.24) is 0 Å². The molecule has 77 valence electrons. The van der Waals surface area contributed by atoms with Crippen LogP contribution in [0, 0.1) is 13.8 Å². The maximum absolute atomic E-state index is 2.36. The summed E-state index contributed by atoms with van der Waals surface area (Å²) in [6, 6.07) is 13.8. The van der Waals surface area contributed by atoms with Crippen molar-refractivity contribution in [3.05, 3.63) is 58.7 Å². The summed E-state index contributed by atoms with van der Waals surface area (Å²) in [6.45, 7) is 4.37. The predicted octanol–water partition coefficient (Wildman–Crippen LogP) is 3.92. The molecule has 0 radical (unpaired) electrons. The molecule has 1 heteroatoms. The molecule has 0 fully saturated rings. The second kappa shape index (κ2) is 3.66. The Hall–Kier alpha value is -0.690. The summed E-state index contributed by atoms with van der Waals surface area (Å²) in [6.07, 6.45) is 0. The van der Waals surface area contributed by atoms with Gasteiger partial charge in [-0.15, -0.1) is 0 Å². The zero-order valence-corrected chi connectivity index (χ0v) is 13.1. The van der Waals surface area contributed by atoms with Crippen molar-refractivity contribution in [2.45, 2.75) is 17.5 Å². The Kier molecular flexibility index (Phi) is 2.40. The summed E-state index contributed by atoms with van der Waals surface area (Å²) in [4.78, 5) is 0. The molecule has 0 atom stereocenters. The maximum atomic E-state index is 2.36. The normalized spacial score (nSPS) is 13.6. The van der Waals surface area contributed by atoms with E-state index < -0.39 is 0 Å². The fraction of sp³-hybridized carbons (Fsp3) is 0.200. The van der Waals surface area contributed by atoms with Crippen LogP contribution >= 0.6 is 0 Å². The quantitative estimate of drug-likeness (QED) is 0.616. The summed E-state index contributed by atoms with van der Waals surface area (Å²) in [5, 5.41) is 0. The SMILES string of the molecule is Cc1ccc2c(c1)[CH]([Hf])c1cc(C)ccc1-2. The van der Waals surface area contributed by atoms with Crippen LogP contribution in [-0.4, -0.2) is 0 Å². The van der Waals surface area contributed by atoms with Crippen LogP contribution in [0.15, 0.2) is 36.4 Å². The van der Waals surface area contributed by atoms with Gasteiger partial charge in [-0.2, -0.15) is 0 Å². The zero-order valence-electron chi connectivity index (χ0n) is 9.54. The summed E-state index contributed by atoms with van der Waals surface area (Å²) < 4.78 is 0.685. The summed E-state index contributed by atoms with van der Waals surface area (Å²) >= 11 is 1.20. The molecule has 3 rings (SSSR count). The van der Waals surface area contributed by atoms with E-state index in [9.17, 15) is 0 Å². The van der Waals surface area contributed by atoms with Gasteiger partial charge in [0.05, 0.1) is 0 Å². The first-order valence-corrected chi connectivity index (χ1v) is 7.67. The number of aryl methyl sites for hydroxylation is 2. The fourth-order valence-corrected chi connectivity index (χ4v) is 4.22. The number of rotatable bonds is 0. The van der Waals surface area contributed by atoms with Crippen molar-refractivity contribution in [3.63, 3.8) is 0 Å². The Morgan fingerprint density at radius 1 is 0.812 bits per heavy atom. The van der Waals surface area contributed by atoms with E-state index in [0.29, 0.717) is 3.67 Å². The van der Waals surface area contributed by atoms with Crippen molar-refractivity contribution in [2.24, 2.45) is 0 Å². The minimum atomic E-state index is 0.685. The molecular formula is C15H13Hf. The van der Waals surface area contributed by atoms with Crippen LogP contribution in [0.1, 0.15) is 25.9 Å². The number of fused-ring (bicyclic) bond motifs is 3. The Morgan fingerprint density at radius 2 is 1.25 bits per heavy atom. The van der Waals surface area contributed by atoms with Gasteiger partial charge in [-0.05, 0) is 0 Å². The molecular weight excluding hydrogens is 359 g/mol. The first-order chi connectivity index (χ1) is 7.66. The van der Waals surface area contributed by atoms with Crippen LogP contribution in [0.5, 0.6) is 0 Å². The average Bonchev–Trinajstić information content (AvgIpc) is 2.53. The Labute approximate surface area is 111 Å². The average molecular weight is 372 g/mol. The molecule has 0 unspecified atom stereocenters. The number of hydrogen-bond donors (Lipinski definition) is 0. The molecule has 1 aliphatic carbocycles. The van der Waals surface area contributed by atoms with Gasteiger partial charge in [-0.25, -0.2) is 0 Å². The van der Waals surface area contributed by atoms with E-state index in [4.69, 9.17) is 0 Å². The van der Waals surface area contributed by atoms with Gasteiger partial charge >= 0.3 is 112 Å². The van der Waals surface area contributed by atoms with Crippen molar-refractivity contribution in [3.8, 4) is 11.1 Å². The summed E-state index contributed by atoms with van der Waals surface area (Å²) in [5.41, 5.74) is 8.77. The molecule has 0 saturated carbocycles. The molecule has 0 aliphatic heterocycles. The Morgan fingerprint density at radius 3 is 1.69 bits per heavy atom. The van der Waals surface area contributed by atoms with Crippen LogP contribution in [0.3, 0.4) is 0 Å². The van der Waals surface area contributed by atoms with Crippen LogP contribution in [0.25, 0.3) is 11.1 Å². The molecule has 16 heavy (non-hydrogen) atoms. The van der Waals surface area contributed by atoms with E-state index in [-0.39, 0.29) is 0 Å². The first kappa shape index (κ1) is 10.5. The zero-order chi connectivity index (χ0) is 11.3. The third-order valence-corrected chi connectivity index (χ3v) is 5.56. The fourth-order valence-electron chi connectivity index (χ4n) is 2.50. The molecule has 0 amide bonds. The van der Waals surface area contributed by atoms with Gasteiger partial charge in [0, 0.05) is 0 Å². The van der Waals surface area contributed by atoms with E-state index in [0.717, 1.165) is 0 Å². The van der Waals surface area contributed by atoms with Gasteiger partial charge in [0.25, 0.3) is 0 Å². The van der Waals surface area contributed by atoms with E-state index in [1.54, 1.807) is 11.1 Å². The van der Waals surface area contributed by atoms with Crippen LogP contribution in [-0.2, 0) is 24.4 Å². The van der Waals surface area contributed by atoms with Crippen molar-refractivity contribution in [1.29, 1.82) is 0 Å². The van der Waals surface area contributed by atoms with Crippen LogP contribution in [0.4, 0.5) is 0 Å². The predicted molar refractivity (Wildman–Crippen MR) is 63.2 cm³/mol. The molecule has 0 nitrogen and oxygen atoms in total. The summed E-state index contributed by atoms with van der Waals surface area (Å²) in [5.74, 6) is 0. The molecule has 0 N–H and O–H groups in total. The third kappa shape index (κ3) is 1.45. The monoisotopic (exact) mass is 373 g/mol. The van der Waals surface area contributed by atoms with E-state index in [2.05, 4.69) is 50.2 Å². The van der Waals surface area contributed by atoms with Gasteiger partial charge in [0.15, 0.2) is 0 Å². The minimum absolute atomic E-state index is 0.685. The van der Waals surface area contributed by atoms with Crippen molar-refractivity contribution < 1.29 is 24.4 Å². The van der Waals surface area contributed by atoms with Gasteiger partial charge in [0.1, 0.15) is 0 Å². The first-order valence-electron chi connectivity index (χ1n) is 5.59. The van der Waals surface area contributed by atoms with Gasteiger partial charge < -0.3 is 0 Å². The van der Waals surface area contributed by atoms with E-state index in [1.165, 1.54) is 46.6 Å². The molecule has 2 aromatic carbocycles. The molecule has 0 heterocycles. The van der Waals surface area contributed by atoms with Crippen LogP contribution in [0.2, 0.25) is 0 Å². The van der Waals surface area contributed by atoms with Gasteiger partial charge in [-0.3, -0.25) is 0 Å². The van der Waals surface area contributed by atoms with E-state index in [1.807, 2.05) is 0 Å². The Balaban J connectivity index is 2.30.